The van der Waals surface area contributed by atoms with Gasteiger partial charge in [-0.05, 0) is 42.7 Å². The van der Waals surface area contributed by atoms with Crippen molar-refractivity contribution in [1.29, 1.82) is 0 Å². The smallest absolute Gasteiger partial charge is 0.367 e. The van der Waals surface area contributed by atoms with Crippen molar-refractivity contribution in [2.75, 3.05) is 19.0 Å². The molecule has 3 aromatic rings. The molecule has 0 saturated carbocycles. The maximum atomic E-state index is 13.6. The number of aromatic nitrogens is 1. The largest absolute Gasteiger partial charge is 0.416 e. The number of piperazine rings is 1. The number of hydrogen-bond acceptors (Lipinski definition) is 2. The van der Waals surface area contributed by atoms with Crippen molar-refractivity contribution in [3.05, 3.63) is 82.7 Å². The number of fused-ring (bicyclic) bond motifs is 2. The van der Waals surface area contributed by atoms with Crippen LogP contribution in [0, 0.1) is 0 Å². The van der Waals surface area contributed by atoms with Crippen LogP contribution in [0.15, 0.2) is 60.4 Å². The third kappa shape index (κ3) is 4.91. The molecule has 0 unspecified atom stereocenters. The Morgan fingerprint density at radius 1 is 1.00 bits per heavy atom. The van der Waals surface area contributed by atoms with Crippen molar-refractivity contribution in [2.45, 2.75) is 37.3 Å². The van der Waals surface area contributed by atoms with Gasteiger partial charge in [0.15, 0.2) is 0 Å². The summed E-state index contributed by atoms with van der Waals surface area (Å²) in [5.74, 6) is -0.521. The zero-order valence-corrected chi connectivity index (χ0v) is 20.1. The van der Waals surface area contributed by atoms with Gasteiger partial charge in [-0.1, -0.05) is 24.3 Å². The van der Waals surface area contributed by atoms with Crippen LogP contribution in [0.1, 0.15) is 33.5 Å². The highest BCUT2D eigenvalue weighted by Gasteiger charge is 2.41. The molecule has 5 rings (SSSR count). The second-order valence-electron chi connectivity index (χ2n) is 9.34. The maximum absolute atomic E-state index is 13.6. The van der Waals surface area contributed by atoms with Gasteiger partial charge in [0.2, 0.25) is 0 Å². The number of H-pyrrole nitrogens is 1. The van der Waals surface area contributed by atoms with Crippen LogP contribution < -0.4 is 0 Å². The van der Waals surface area contributed by atoms with Crippen LogP contribution >= 0.6 is 11.6 Å². The zero-order valence-electron chi connectivity index (χ0n) is 19.3. The Morgan fingerprint density at radius 3 is 2.32 bits per heavy atom. The van der Waals surface area contributed by atoms with E-state index < -0.39 is 41.0 Å². The molecule has 1 N–H and O–H groups in total. The number of benzene rings is 2. The van der Waals surface area contributed by atoms with E-state index in [0.29, 0.717) is 37.4 Å². The molecule has 0 spiro atoms. The predicted molar refractivity (Wildman–Crippen MR) is 127 cm³/mol. The van der Waals surface area contributed by atoms with Crippen LogP contribution in [-0.2, 0) is 18.8 Å². The molecule has 2 aliphatic heterocycles. The molecular formula is C26H22ClF6N3O. The number of alkyl halides is 7. The fourth-order valence-electron chi connectivity index (χ4n) is 5.16. The summed E-state index contributed by atoms with van der Waals surface area (Å²) < 4.78 is 80.7. The quantitative estimate of drug-likeness (QED) is 0.304. The van der Waals surface area contributed by atoms with Crippen molar-refractivity contribution in [2.24, 2.45) is 0 Å². The highest BCUT2D eigenvalue weighted by molar-refractivity contribution is 6.18. The summed E-state index contributed by atoms with van der Waals surface area (Å²) in [7, 11) is 0. The van der Waals surface area contributed by atoms with Gasteiger partial charge in [-0.3, -0.25) is 4.79 Å². The lowest BCUT2D eigenvalue weighted by Crippen LogP contribution is -2.55. The highest BCUT2D eigenvalue weighted by atomic mass is 35.5. The van der Waals surface area contributed by atoms with Gasteiger partial charge in [0.25, 0.3) is 5.91 Å². The topological polar surface area (TPSA) is 39.3 Å². The Bertz CT molecular complexity index is 1330. The van der Waals surface area contributed by atoms with Crippen LogP contribution in [0.2, 0.25) is 0 Å². The molecule has 1 amide bonds. The second kappa shape index (κ2) is 9.31. The van der Waals surface area contributed by atoms with Crippen molar-refractivity contribution in [1.82, 2.24) is 14.8 Å². The zero-order chi connectivity index (χ0) is 26.5. The first kappa shape index (κ1) is 25.5. The first-order valence-electron chi connectivity index (χ1n) is 11.6. The van der Waals surface area contributed by atoms with Crippen molar-refractivity contribution < 1.29 is 31.1 Å². The summed E-state index contributed by atoms with van der Waals surface area (Å²) in [5.41, 5.74) is -1.10. The normalized spacial score (nSPS) is 20.4. The number of carbonyl (C=O) groups is 1. The average molecular weight is 542 g/mol. The Balaban J connectivity index is 1.54. The second-order valence-corrected chi connectivity index (χ2v) is 9.65. The van der Waals surface area contributed by atoms with Crippen molar-refractivity contribution in [3.8, 4) is 0 Å². The lowest BCUT2D eigenvalue weighted by atomic mass is 9.98. The fourth-order valence-corrected chi connectivity index (χ4v) is 5.45. The maximum Gasteiger partial charge on any atom is 0.416 e. The van der Waals surface area contributed by atoms with Gasteiger partial charge in [0.1, 0.15) is 0 Å². The molecular weight excluding hydrogens is 520 g/mol. The van der Waals surface area contributed by atoms with Gasteiger partial charge in [0, 0.05) is 46.8 Å². The molecule has 11 heteroatoms. The van der Waals surface area contributed by atoms with E-state index in [1.807, 2.05) is 36.5 Å². The standard InChI is InChI=1S/C26H22ClF6N3O/c27-11-19-5-6-20-13-36(21(14-35(19)20)9-16-12-34-23-4-2-1-3-22(16)23)24(37)15-7-17(25(28,29)30)10-18(8-15)26(31,32)33/h1-4,6-8,10,12,19,21,34H,5,9,11,13-14H2/t19-,21-/m1/s1. The van der Waals surface area contributed by atoms with Crippen molar-refractivity contribution in [3.63, 3.8) is 0 Å². The highest BCUT2D eigenvalue weighted by Crippen LogP contribution is 2.38. The first-order chi connectivity index (χ1) is 17.5. The number of amides is 1. The van der Waals surface area contributed by atoms with Gasteiger partial charge in [-0.15, -0.1) is 11.6 Å². The summed E-state index contributed by atoms with van der Waals surface area (Å²) in [6.07, 6.45) is -5.34. The van der Waals surface area contributed by atoms with Crippen LogP contribution in [-0.4, -0.2) is 51.7 Å². The lowest BCUT2D eigenvalue weighted by molar-refractivity contribution is -0.143. The number of nitrogens with zero attached hydrogens (tertiary/aromatic N) is 2. The minimum absolute atomic E-state index is 0.0183. The molecule has 2 atom stereocenters. The fraction of sp³-hybridized carbons (Fsp3) is 0.346. The van der Waals surface area contributed by atoms with Gasteiger partial charge < -0.3 is 14.8 Å². The number of para-hydroxylation sites is 1. The number of nitrogens with one attached hydrogen (secondary N) is 1. The molecule has 196 valence electrons. The van der Waals surface area contributed by atoms with E-state index >= 15 is 0 Å². The molecule has 2 aliphatic rings. The number of aromatic amines is 1. The SMILES string of the molecule is O=C(c1cc(C(F)(F)F)cc(C(F)(F)F)c1)N1CC2=CC[C@H](CCl)N2C[C@H]1Cc1c[nH]c2ccccc12. The van der Waals surface area contributed by atoms with Crippen LogP contribution in [0.3, 0.4) is 0 Å². The number of halogens is 7. The van der Waals surface area contributed by atoms with Gasteiger partial charge in [-0.2, -0.15) is 26.3 Å². The molecule has 3 heterocycles. The third-order valence-corrected chi connectivity index (χ3v) is 7.38. The monoisotopic (exact) mass is 541 g/mol. The summed E-state index contributed by atoms with van der Waals surface area (Å²) in [5, 5.41) is 0.935. The third-order valence-electron chi connectivity index (χ3n) is 7.02. The number of carbonyl (C=O) groups excluding carboxylic acids is 1. The molecule has 2 aromatic carbocycles. The van der Waals surface area contributed by atoms with Gasteiger partial charge in [-0.25, -0.2) is 0 Å². The van der Waals surface area contributed by atoms with E-state index in [2.05, 4.69) is 9.88 Å². The predicted octanol–water partition coefficient (Wildman–Crippen LogP) is 6.47. The Morgan fingerprint density at radius 2 is 1.68 bits per heavy atom. The van der Waals surface area contributed by atoms with Crippen LogP contribution in [0.25, 0.3) is 10.9 Å². The number of rotatable bonds is 4. The molecule has 1 saturated heterocycles. The Hall–Kier alpha value is -3.14. The summed E-state index contributed by atoms with van der Waals surface area (Å²) in [6, 6.07) is 8.10. The van der Waals surface area contributed by atoms with E-state index in [9.17, 15) is 31.1 Å². The first-order valence-corrected chi connectivity index (χ1v) is 12.2. The van der Waals surface area contributed by atoms with Gasteiger partial charge >= 0.3 is 12.4 Å². The Kier molecular flexibility index (Phi) is 6.42. The summed E-state index contributed by atoms with van der Waals surface area (Å²) >= 11 is 6.14. The molecule has 1 fully saturated rings. The molecule has 4 nitrogen and oxygen atoms in total. The summed E-state index contributed by atoms with van der Waals surface area (Å²) in [4.78, 5) is 20.3. The van der Waals surface area contributed by atoms with Crippen molar-refractivity contribution >= 4 is 28.4 Å². The van der Waals surface area contributed by atoms with E-state index in [1.165, 1.54) is 4.90 Å². The molecule has 37 heavy (non-hydrogen) atoms. The molecule has 0 radical (unpaired) electrons. The number of hydrogen-bond donors (Lipinski definition) is 1. The van der Waals surface area contributed by atoms with E-state index in [4.69, 9.17) is 11.6 Å². The minimum atomic E-state index is -5.04. The molecule has 0 bridgehead atoms. The van der Waals surface area contributed by atoms with Gasteiger partial charge in [0.05, 0.1) is 23.7 Å². The Labute approximate surface area is 213 Å². The van der Waals surface area contributed by atoms with E-state index in [-0.39, 0.29) is 18.7 Å². The van der Waals surface area contributed by atoms with E-state index in [0.717, 1.165) is 22.2 Å². The lowest BCUT2D eigenvalue weighted by Gasteiger charge is -2.44. The molecule has 1 aromatic heterocycles. The minimum Gasteiger partial charge on any atom is -0.367 e. The molecule has 0 aliphatic carbocycles. The van der Waals surface area contributed by atoms with Crippen LogP contribution in [0.5, 0.6) is 0 Å². The van der Waals surface area contributed by atoms with E-state index in [1.54, 1.807) is 0 Å². The summed E-state index contributed by atoms with van der Waals surface area (Å²) in [6.45, 7) is 0.427. The van der Waals surface area contributed by atoms with Crippen LogP contribution in [0.4, 0.5) is 26.3 Å². The average Bonchev–Trinajstić information content (AvgIpc) is 3.45.